The van der Waals surface area contributed by atoms with Crippen LogP contribution in [0.1, 0.15) is 37.7 Å². The molecule has 0 aliphatic heterocycles. The largest absolute Gasteiger partial charge is 0.490 e. The lowest BCUT2D eigenvalue weighted by Gasteiger charge is -2.16. The topological polar surface area (TPSA) is 132 Å². The molecule has 0 aliphatic carbocycles. The van der Waals surface area contributed by atoms with Crippen LogP contribution < -0.4 is 21.8 Å². The summed E-state index contributed by atoms with van der Waals surface area (Å²) >= 11 is 1.53. The van der Waals surface area contributed by atoms with E-state index in [2.05, 4.69) is 19.9 Å². The number of H-pyrrole nitrogens is 3. The Hall–Kier alpha value is -3.41. The smallest absolute Gasteiger partial charge is 0.475 e. The van der Waals surface area contributed by atoms with Crippen LogP contribution in [0.25, 0.3) is 12.2 Å². The number of hydrogen-bond acceptors (Lipinski definition) is 5. The number of nitrogens with one attached hydrogen (secondary N) is 3. The Morgan fingerprint density at radius 2 is 1.65 bits per heavy atom. The van der Waals surface area contributed by atoms with Crippen LogP contribution >= 0.6 is 11.3 Å². The molecule has 4 N–H and O–H groups in total. The molecule has 3 heterocycles. The number of carboxylic acids is 1. The molecule has 0 saturated carbocycles. The Kier molecular flexibility index (Phi) is 7.05. The first-order valence-electron chi connectivity index (χ1n) is 8.71. The fourth-order valence-corrected chi connectivity index (χ4v) is 2.99. The summed E-state index contributed by atoms with van der Waals surface area (Å²) in [7, 11) is 0. The maximum Gasteiger partial charge on any atom is 0.490 e. The Labute approximate surface area is 176 Å². The van der Waals surface area contributed by atoms with Crippen molar-refractivity contribution >= 4 is 29.5 Å². The lowest BCUT2D eigenvalue weighted by atomic mass is 9.90. The van der Waals surface area contributed by atoms with Gasteiger partial charge in [-0.1, -0.05) is 20.8 Å². The molecule has 0 aromatic carbocycles. The maximum absolute atomic E-state index is 12.3. The number of hydrogen-bond donors (Lipinski definition) is 4. The van der Waals surface area contributed by atoms with E-state index in [1.54, 1.807) is 18.5 Å². The van der Waals surface area contributed by atoms with Crippen molar-refractivity contribution in [3.63, 3.8) is 0 Å². The van der Waals surface area contributed by atoms with Gasteiger partial charge in [-0.25, -0.2) is 9.78 Å². The van der Waals surface area contributed by atoms with E-state index in [0.29, 0.717) is 5.69 Å². The summed E-state index contributed by atoms with van der Waals surface area (Å²) in [5.74, 6) is -2.76. The zero-order chi connectivity index (χ0) is 23.4. The minimum Gasteiger partial charge on any atom is -0.475 e. The summed E-state index contributed by atoms with van der Waals surface area (Å²) in [6.45, 7) is 6.14. The maximum atomic E-state index is 12.3. The van der Waals surface area contributed by atoms with Gasteiger partial charge in [-0.2, -0.15) is 24.5 Å². The summed E-state index contributed by atoms with van der Waals surface area (Å²) in [6.07, 6.45) is -0.265. The summed E-state index contributed by atoms with van der Waals surface area (Å²) < 4.78 is 31.7. The zero-order valence-electron chi connectivity index (χ0n) is 16.6. The van der Waals surface area contributed by atoms with Gasteiger partial charge in [-0.05, 0) is 34.5 Å². The average Bonchev–Trinajstić information content (AvgIpc) is 3.30. The van der Waals surface area contributed by atoms with Crippen LogP contribution in [-0.4, -0.2) is 37.2 Å². The minimum absolute atomic E-state index is 0.151. The lowest BCUT2D eigenvalue weighted by molar-refractivity contribution is -0.192. The molecular weight excluding hydrogens is 437 g/mol. The molecule has 3 aromatic heterocycles. The van der Waals surface area contributed by atoms with Gasteiger partial charge in [0.25, 0.3) is 11.1 Å². The van der Waals surface area contributed by atoms with Crippen LogP contribution in [0.2, 0.25) is 0 Å². The number of aliphatic carboxylic acids is 1. The van der Waals surface area contributed by atoms with Crippen LogP contribution in [0.15, 0.2) is 32.7 Å². The lowest BCUT2D eigenvalue weighted by Crippen LogP contribution is -2.46. The first-order valence-corrected chi connectivity index (χ1v) is 9.65. The Balaban J connectivity index is 0.000000423. The highest BCUT2D eigenvalue weighted by Gasteiger charge is 2.38. The third-order valence-corrected chi connectivity index (χ3v) is 4.48. The van der Waals surface area contributed by atoms with Gasteiger partial charge in [-0.3, -0.25) is 9.59 Å². The highest BCUT2D eigenvalue weighted by atomic mass is 32.1. The highest BCUT2D eigenvalue weighted by molar-refractivity contribution is 7.08. The number of imidazole rings is 1. The Bertz CT molecular complexity index is 1280. The van der Waals surface area contributed by atoms with Crippen molar-refractivity contribution in [3.8, 4) is 0 Å². The van der Waals surface area contributed by atoms with Crippen LogP contribution in [0.4, 0.5) is 13.2 Å². The van der Waals surface area contributed by atoms with E-state index < -0.39 is 12.1 Å². The van der Waals surface area contributed by atoms with Crippen molar-refractivity contribution in [1.82, 2.24) is 19.9 Å². The third kappa shape index (κ3) is 6.54. The number of carbonyl (C=O) groups is 1. The second-order valence-electron chi connectivity index (χ2n) is 7.30. The Morgan fingerprint density at radius 1 is 1.10 bits per heavy atom. The van der Waals surface area contributed by atoms with Gasteiger partial charge in [0.2, 0.25) is 0 Å². The van der Waals surface area contributed by atoms with Crippen LogP contribution in [-0.2, 0) is 10.2 Å². The van der Waals surface area contributed by atoms with Crippen LogP contribution in [0.5, 0.6) is 0 Å². The normalized spacial score (nSPS) is 13.1. The Morgan fingerprint density at radius 3 is 2.10 bits per heavy atom. The number of carboxylic acid groups (broad SMARTS) is 1. The predicted molar refractivity (Wildman–Crippen MR) is 109 cm³/mol. The number of thiophene rings is 1. The molecule has 166 valence electrons. The summed E-state index contributed by atoms with van der Waals surface area (Å²) in [6, 6.07) is 1.88. The molecule has 0 atom stereocenters. The first-order chi connectivity index (χ1) is 14.3. The molecule has 31 heavy (non-hydrogen) atoms. The molecule has 3 aromatic rings. The monoisotopic (exact) mass is 456 g/mol. The summed E-state index contributed by atoms with van der Waals surface area (Å²) in [4.78, 5) is 46.0. The molecule has 0 bridgehead atoms. The minimum atomic E-state index is -5.08. The molecule has 0 unspecified atom stereocenters. The molecular formula is C19H19F3N4O4S. The summed E-state index contributed by atoms with van der Waals surface area (Å²) in [5, 5.41) is 11.3. The number of nitrogens with zero attached hydrogens (tertiary/aromatic N) is 1. The van der Waals surface area contributed by atoms with E-state index in [1.165, 1.54) is 11.3 Å². The number of rotatable bonds is 2. The number of alkyl halides is 3. The third-order valence-electron chi connectivity index (χ3n) is 3.78. The number of halogens is 3. The predicted octanol–water partition coefficient (Wildman–Crippen LogP) is 1.44. The van der Waals surface area contributed by atoms with Crippen molar-refractivity contribution < 1.29 is 23.1 Å². The fraction of sp³-hybridized carbons (Fsp3) is 0.263. The molecule has 12 heteroatoms. The van der Waals surface area contributed by atoms with Crippen molar-refractivity contribution in [3.05, 3.63) is 71.5 Å². The van der Waals surface area contributed by atoms with Crippen LogP contribution in [0, 0.1) is 0 Å². The quantitative estimate of drug-likeness (QED) is 0.463. The van der Waals surface area contributed by atoms with E-state index >= 15 is 0 Å². The van der Waals surface area contributed by atoms with Gasteiger partial charge in [0.1, 0.15) is 10.7 Å². The molecule has 8 nitrogen and oxygen atoms in total. The molecule has 0 saturated heterocycles. The van der Waals surface area contributed by atoms with Crippen molar-refractivity contribution in [2.45, 2.75) is 32.4 Å². The van der Waals surface area contributed by atoms with E-state index in [4.69, 9.17) is 9.90 Å². The fourth-order valence-electron chi connectivity index (χ4n) is 2.37. The van der Waals surface area contributed by atoms with Gasteiger partial charge < -0.3 is 20.1 Å². The van der Waals surface area contributed by atoms with E-state index in [-0.39, 0.29) is 27.2 Å². The van der Waals surface area contributed by atoms with E-state index in [9.17, 15) is 22.8 Å². The molecule has 0 fully saturated rings. The van der Waals surface area contributed by atoms with E-state index in [0.717, 1.165) is 11.3 Å². The van der Waals surface area contributed by atoms with Crippen LogP contribution in [0.3, 0.4) is 0 Å². The average molecular weight is 456 g/mol. The molecule has 0 radical (unpaired) electrons. The number of aromatic nitrogens is 4. The first kappa shape index (κ1) is 23.9. The second kappa shape index (κ2) is 9.16. The highest BCUT2D eigenvalue weighted by Crippen LogP contribution is 2.22. The zero-order valence-corrected chi connectivity index (χ0v) is 17.4. The molecule has 0 aliphatic rings. The van der Waals surface area contributed by atoms with E-state index in [1.807, 2.05) is 37.6 Å². The molecule has 3 rings (SSSR count). The van der Waals surface area contributed by atoms with Gasteiger partial charge in [0, 0.05) is 11.1 Å². The van der Waals surface area contributed by atoms with Gasteiger partial charge in [0.15, 0.2) is 0 Å². The van der Waals surface area contributed by atoms with Gasteiger partial charge in [-0.15, -0.1) is 0 Å². The molecule has 0 spiro atoms. The SMILES string of the molecule is CC(C)(C)c1[nH]cnc1/C=c1\[nH]c(=O)/c(=C/c2ccsc2)[nH]c1=O.O=C(O)C(F)(F)F. The standard InChI is InChI=1S/C17H18N4O2S.C2HF3O2/c1-17(2,3)14-11(18-9-19-14)7-13-16(23)20-12(15(22)21-13)6-10-4-5-24-8-10;3-2(4,5)1(6)7/h4-9H,1-3H3,(H,18,19)(H,20,23)(H,21,22);(H,6,7)/b12-6-,13-7-;. The van der Waals surface area contributed by atoms with Gasteiger partial charge in [0.05, 0.1) is 12.0 Å². The van der Waals surface area contributed by atoms with Gasteiger partial charge >= 0.3 is 12.1 Å². The number of aromatic amines is 3. The van der Waals surface area contributed by atoms with Crippen molar-refractivity contribution in [2.24, 2.45) is 0 Å². The molecule has 0 amide bonds. The summed E-state index contributed by atoms with van der Waals surface area (Å²) in [5.41, 5.74) is 1.55. The second-order valence-corrected chi connectivity index (χ2v) is 8.08. The van der Waals surface area contributed by atoms with Crippen molar-refractivity contribution in [1.29, 1.82) is 0 Å². The van der Waals surface area contributed by atoms with Crippen molar-refractivity contribution in [2.75, 3.05) is 0 Å².